The topological polar surface area (TPSA) is 95.9 Å². The standard InChI is InChI=1S/C26H24F4N2O5S/c27-20-8-10-23(11-9-20)38(35,36)32-15-21(33)13-24(32)25(34)31-14-18-2-1-3-22(12-18)37-16-17-4-6-19(7-5-17)26(28,29)30/h1-12,21,24,33H,13-16H2,(H,31,34)/t21-,24-/m0/s1. The van der Waals surface area contributed by atoms with Crippen LogP contribution in [0, 0.1) is 5.82 Å². The lowest BCUT2D eigenvalue weighted by atomic mass is 10.1. The molecular formula is C26H24F4N2O5S. The van der Waals surface area contributed by atoms with Crippen LogP contribution in [0.25, 0.3) is 0 Å². The van der Waals surface area contributed by atoms with E-state index in [0.29, 0.717) is 16.9 Å². The SMILES string of the molecule is O=C(NCc1cccc(OCc2ccc(C(F)(F)F)cc2)c1)[C@@H]1C[C@H](O)CN1S(=O)(=O)c1ccc(F)cc1. The van der Waals surface area contributed by atoms with E-state index >= 15 is 0 Å². The number of hydrogen-bond donors (Lipinski definition) is 2. The van der Waals surface area contributed by atoms with Crippen LogP contribution in [0.2, 0.25) is 0 Å². The molecule has 0 unspecified atom stereocenters. The lowest BCUT2D eigenvalue weighted by Crippen LogP contribution is -2.45. The molecule has 1 heterocycles. The number of sulfonamides is 1. The van der Waals surface area contributed by atoms with Crippen LogP contribution in [0.3, 0.4) is 0 Å². The average Bonchev–Trinajstić information content (AvgIpc) is 3.29. The number of nitrogens with one attached hydrogen (secondary N) is 1. The molecule has 1 aliphatic rings. The van der Waals surface area contributed by atoms with Gasteiger partial charge in [0.2, 0.25) is 15.9 Å². The molecule has 0 radical (unpaired) electrons. The zero-order valence-electron chi connectivity index (χ0n) is 19.9. The van der Waals surface area contributed by atoms with E-state index in [1.807, 2.05) is 0 Å². The second kappa shape index (κ2) is 11.1. The molecule has 202 valence electrons. The Bertz CT molecular complexity index is 1380. The first-order chi connectivity index (χ1) is 17.9. The van der Waals surface area contributed by atoms with Gasteiger partial charge in [-0.3, -0.25) is 4.79 Å². The summed E-state index contributed by atoms with van der Waals surface area (Å²) in [7, 11) is -4.15. The van der Waals surface area contributed by atoms with Crippen LogP contribution in [-0.4, -0.2) is 42.4 Å². The molecular weight excluding hydrogens is 528 g/mol. The first-order valence-electron chi connectivity index (χ1n) is 11.5. The molecule has 1 fully saturated rings. The Hall–Kier alpha value is -3.48. The van der Waals surface area contributed by atoms with E-state index < -0.39 is 45.6 Å². The number of aliphatic hydroxyl groups is 1. The predicted molar refractivity (Wildman–Crippen MR) is 129 cm³/mol. The highest BCUT2D eigenvalue weighted by Gasteiger charge is 2.43. The van der Waals surface area contributed by atoms with Crippen molar-refractivity contribution in [1.29, 1.82) is 0 Å². The van der Waals surface area contributed by atoms with Gasteiger partial charge in [-0.1, -0.05) is 24.3 Å². The van der Waals surface area contributed by atoms with E-state index in [0.717, 1.165) is 40.7 Å². The first-order valence-corrected chi connectivity index (χ1v) is 13.0. The number of hydrogen-bond acceptors (Lipinski definition) is 5. The third-order valence-corrected chi connectivity index (χ3v) is 7.90. The quantitative estimate of drug-likeness (QED) is 0.414. The summed E-state index contributed by atoms with van der Waals surface area (Å²) in [5.74, 6) is -0.790. The molecule has 1 amide bonds. The normalized spacial score (nSPS) is 18.3. The van der Waals surface area contributed by atoms with Gasteiger partial charge >= 0.3 is 6.18 Å². The third kappa shape index (κ3) is 6.50. The highest BCUT2D eigenvalue weighted by Crippen LogP contribution is 2.29. The minimum atomic E-state index is -4.42. The van der Waals surface area contributed by atoms with Crippen molar-refractivity contribution in [1.82, 2.24) is 9.62 Å². The van der Waals surface area contributed by atoms with Crippen molar-refractivity contribution in [3.8, 4) is 5.75 Å². The number of benzene rings is 3. The fourth-order valence-corrected chi connectivity index (χ4v) is 5.67. The molecule has 2 atom stereocenters. The highest BCUT2D eigenvalue weighted by atomic mass is 32.2. The van der Waals surface area contributed by atoms with Gasteiger partial charge in [-0.05, 0) is 59.7 Å². The van der Waals surface area contributed by atoms with Gasteiger partial charge in [0.25, 0.3) is 0 Å². The molecule has 0 bridgehead atoms. The lowest BCUT2D eigenvalue weighted by Gasteiger charge is -2.23. The molecule has 0 saturated carbocycles. The number of nitrogens with zero attached hydrogens (tertiary/aromatic N) is 1. The van der Waals surface area contributed by atoms with Crippen molar-refractivity contribution in [3.05, 3.63) is 95.3 Å². The Labute approximate surface area is 216 Å². The van der Waals surface area contributed by atoms with Crippen LogP contribution in [0.5, 0.6) is 5.75 Å². The van der Waals surface area contributed by atoms with Crippen LogP contribution in [0.1, 0.15) is 23.1 Å². The van der Waals surface area contributed by atoms with E-state index in [-0.39, 0.29) is 31.0 Å². The van der Waals surface area contributed by atoms with Gasteiger partial charge < -0.3 is 15.2 Å². The molecule has 7 nitrogen and oxygen atoms in total. The number of aliphatic hydroxyl groups excluding tert-OH is 1. The average molecular weight is 553 g/mol. The second-order valence-corrected chi connectivity index (χ2v) is 10.7. The number of ether oxygens (including phenoxy) is 1. The van der Waals surface area contributed by atoms with Crippen molar-refractivity contribution in [2.24, 2.45) is 0 Å². The fraction of sp³-hybridized carbons (Fsp3) is 0.269. The third-order valence-electron chi connectivity index (χ3n) is 6.01. The largest absolute Gasteiger partial charge is 0.489 e. The van der Waals surface area contributed by atoms with Crippen LogP contribution in [-0.2, 0) is 34.1 Å². The molecule has 1 saturated heterocycles. The summed E-state index contributed by atoms with van der Waals surface area (Å²) in [5, 5.41) is 12.8. The number of alkyl halides is 3. The number of β-amino-alcohol motifs (C(OH)–C–C–N with tert-alkyl or cyclic N) is 1. The summed E-state index contributed by atoms with van der Waals surface area (Å²) < 4.78 is 84.0. The minimum Gasteiger partial charge on any atom is -0.489 e. The molecule has 3 aromatic carbocycles. The Morgan fingerprint density at radius 2 is 1.71 bits per heavy atom. The molecule has 3 aromatic rings. The fourth-order valence-electron chi connectivity index (χ4n) is 4.04. The van der Waals surface area contributed by atoms with E-state index in [1.165, 1.54) is 12.1 Å². The van der Waals surface area contributed by atoms with Gasteiger partial charge in [0, 0.05) is 19.5 Å². The predicted octanol–water partition coefficient (Wildman–Crippen LogP) is 3.86. The molecule has 1 aliphatic heterocycles. The lowest BCUT2D eigenvalue weighted by molar-refractivity contribution is -0.137. The van der Waals surface area contributed by atoms with Crippen LogP contribution < -0.4 is 10.1 Å². The van der Waals surface area contributed by atoms with Gasteiger partial charge in [0.05, 0.1) is 16.6 Å². The summed E-state index contributed by atoms with van der Waals surface area (Å²) >= 11 is 0. The number of carbonyl (C=O) groups is 1. The molecule has 38 heavy (non-hydrogen) atoms. The number of carbonyl (C=O) groups excluding carboxylic acids is 1. The maximum atomic E-state index is 13.2. The van der Waals surface area contributed by atoms with Gasteiger partial charge in [-0.25, -0.2) is 12.8 Å². The van der Waals surface area contributed by atoms with E-state index in [2.05, 4.69) is 5.32 Å². The van der Waals surface area contributed by atoms with Gasteiger partial charge in [-0.2, -0.15) is 17.5 Å². The zero-order valence-corrected chi connectivity index (χ0v) is 20.7. The maximum Gasteiger partial charge on any atom is 0.416 e. The summed E-state index contributed by atoms with van der Waals surface area (Å²) in [6.07, 6.45) is -5.55. The Morgan fingerprint density at radius 1 is 1.03 bits per heavy atom. The summed E-state index contributed by atoms with van der Waals surface area (Å²) in [5.41, 5.74) is 0.423. The molecule has 0 aromatic heterocycles. The highest BCUT2D eigenvalue weighted by molar-refractivity contribution is 7.89. The first kappa shape index (κ1) is 27.6. The summed E-state index contributed by atoms with van der Waals surface area (Å²) in [6.45, 7) is -0.206. The smallest absolute Gasteiger partial charge is 0.416 e. The van der Waals surface area contributed by atoms with Crippen LogP contribution >= 0.6 is 0 Å². The molecule has 0 spiro atoms. The zero-order chi connectivity index (χ0) is 27.5. The summed E-state index contributed by atoms with van der Waals surface area (Å²) in [6, 6.07) is 14.3. The second-order valence-electron chi connectivity index (χ2n) is 8.78. The number of amides is 1. The van der Waals surface area contributed by atoms with Crippen molar-refractivity contribution in [2.75, 3.05) is 6.54 Å². The molecule has 2 N–H and O–H groups in total. The van der Waals surface area contributed by atoms with Gasteiger partial charge in [0.15, 0.2) is 0 Å². The summed E-state index contributed by atoms with van der Waals surface area (Å²) in [4.78, 5) is 12.7. The van der Waals surface area contributed by atoms with E-state index in [4.69, 9.17) is 4.74 Å². The van der Waals surface area contributed by atoms with Gasteiger partial charge in [0.1, 0.15) is 24.2 Å². The number of halogens is 4. The van der Waals surface area contributed by atoms with Crippen molar-refractivity contribution in [3.63, 3.8) is 0 Å². The minimum absolute atomic E-state index is 0.0319. The van der Waals surface area contributed by atoms with Crippen molar-refractivity contribution < 1.29 is 40.6 Å². The Morgan fingerprint density at radius 3 is 2.37 bits per heavy atom. The van der Waals surface area contributed by atoms with Gasteiger partial charge in [-0.15, -0.1) is 0 Å². The van der Waals surface area contributed by atoms with Crippen LogP contribution in [0.15, 0.2) is 77.7 Å². The monoisotopic (exact) mass is 552 g/mol. The Kier molecular flexibility index (Phi) is 8.05. The van der Waals surface area contributed by atoms with Crippen LogP contribution in [0.4, 0.5) is 17.6 Å². The van der Waals surface area contributed by atoms with E-state index in [9.17, 15) is 35.9 Å². The molecule has 4 rings (SSSR count). The molecule has 12 heteroatoms. The van der Waals surface area contributed by atoms with Crippen molar-refractivity contribution in [2.45, 2.75) is 42.8 Å². The van der Waals surface area contributed by atoms with Crippen molar-refractivity contribution >= 4 is 15.9 Å². The maximum absolute atomic E-state index is 13.2. The Balaban J connectivity index is 1.37. The molecule has 0 aliphatic carbocycles. The number of rotatable bonds is 8. The van der Waals surface area contributed by atoms with E-state index in [1.54, 1.807) is 24.3 Å².